The Morgan fingerprint density at radius 3 is 2.42 bits per heavy atom. The van der Waals surface area contributed by atoms with E-state index in [9.17, 15) is 4.79 Å². The zero-order chi connectivity index (χ0) is 28.3. The van der Waals surface area contributed by atoms with E-state index in [1.807, 2.05) is 65.3 Å². The standard InChI is InChI=1S/C33H36N6O/c1-6-19-38(5)28-16-14-26(15-17-28)35-30-31-34-18-20-39(31)22-29(37-30)24-8-7-9-27(21-24)36-32(40)23-10-12-25(13-11-23)33(2,3)4/h7-18,20-22H,6,19H2,1-5H3,(H,35,37)(H,36,40). The summed E-state index contributed by atoms with van der Waals surface area (Å²) in [5, 5.41) is 6.47. The molecule has 0 atom stereocenters. The Kier molecular flexibility index (Phi) is 7.56. The van der Waals surface area contributed by atoms with Gasteiger partial charge in [-0.1, -0.05) is 52.0 Å². The van der Waals surface area contributed by atoms with Crippen molar-refractivity contribution >= 4 is 34.4 Å². The highest BCUT2D eigenvalue weighted by atomic mass is 16.1. The molecule has 7 nitrogen and oxygen atoms in total. The van der Waals surface area contributed by atoms with Gasteiger partial charge in [-0.15, -0.1) is 0 Å². The second-order valence-electron chi connectivity index (χ2n) is 11.1. The van der Waals surface area contributed by atoms with Gasteiger partial charge in [0.25, 0.3) is 5.91 Å². The second-order valence-corrected chi connectivity index (χ2v) is 11.1. The van der Waals surface area contributed by atoms with Crippen LogP contribution in [0.4, 0.5) is 22.9 Å². The van der Waals surface area contributed by atoms with Gasteiger partial charge in [0.2, 0.25) is 0 Å². The molecule has 40 heavy (non-hydrogen) atoms. The van der Waals surface area contributed by atoms with Gasteiger partial charge in [0.05, 0.1) is 5.69 Å². The summed E-state index contributed by atoms with van der Waals surface area (Å²) in [6.45, 7) is 9.66. The molecule has 5 rings (SSSR count). The molecule has 2 N–H and O–H groups in total. The molecule has 0 bridgehead atoms. The van der Waals surface area contributed by atoms with Crippen molar-refractivity contribution in [1.29, 1.82) is 0 Å². The summed E-state index contributed by atoms with van der Waals surface area (Å²) in [5.74, 6) is 0.511. The van der Waals surface area contributed by atoms with Crippen molar-refractivity contribution in [1.82, 2.24) is 14.4 Å². The number of benzene rings is 3. The van der Waals surface area contributed by atoms with E-state index in [1.165, 1.54) is 11.3 Å². The summed E-state index contributed by atoms with van der Waals surface area (Å²) in [4.78, 5) is 24.6. The first-order valence-corrected chi connectivity index (χ1v) is 13.7. The lowest BCUT2D eigenvalue weighted by Crippen LogP contribution is -2.17. The fourth-order valence-corrected chi connectivity index (χ4v) is 4.64. The minimum atomic E-state index is -0.147. The third-order valence-electron chi connectivity index (χ3n) is 6.93. The largest absolute Gasteiger partial charge is 0.375 e. The van der Waals surface area contributed by atoms with Crippen LogP contribution in [-0.4, -0.2) is 33.9 Å². The van der Waals surface area contributed by atoms with Crippen LogP contribution < -0.4 is 15.5 Å². The predicted molar refractivity (Wildman–Crippen MR) is 165 cm³/mol. The lowest BCUT2D eigenvalue weighted by molar-refractivity contribution is 0.102. The van der Waals surface area contributed by atoms with E-state index in [0.29, 0.717) is 17.1 Å². The molecule has 5 aromatic rings. The van der Waals surface area contributed by atoms with Crippen LogP contribution >= 0.6 is 0 Å². The molecule has 204 valence electrons. The molecule has 0 unspecified atom stereocenters. The zero-order valence-corrected chi connectivity index (χ0v) is 23.8. The molecule has 1 amide bonds. The number of amides is 1. The van der Waals surface area contributed by atoms with Crippen molar-refractivity contribution < 1.29 is 4.79 Å². The molecule has 2 heterocycles. The molecule has 0 aliphatic carbocycles. The second kappa shape index (κ2) is 11.2. The number of carbonyl (C=O) groups excluding carboxylic acids is 1. The number of hydrogen-bond donors (Lipinski definition) is 2. The van der Waals surface area contributed by atoms with Crippen molar-refractivity contribution in [2.24, 2.45) is 0 Å². The molecular weight excluding hydrogens is 496 g/mol. The number of carbonyl (C=O) groups is 1. The highest BCUT2D eigenvalue weighted by molar-refractivity contribution is 6.04. The van der Waals surface area contributed by atoms with Gasteiger partial charge in [-0.25, -0.2) is 9.97 Å². The third-order valence-corrected chi connectivity index (χ3v) is 6.93. The molecule has 3 aromatic carbocycles. The Hall–Kier alpha value is -4.65. The average Bonchev–Trinajstić information content (AvgIpc) is 3.43. The summed E-state index contributed by atoms with van der Waals surface area (Å²) < 4.78 is 1.95. The topological polar surface area (TPSA) is 74.6 Å². The Morgan fingerprint density at radius 2 is 1.73 bits per heavy atom. The van der Waals surface area contributed by atoms with Crippen LogP contribution in [0.5, 0.6) is 0 Å². The maximum atomic E-state index is 13.0. The summed E-state index contributed by atoms with van der Waals surface area (Å²) in [5.41, 5.74) is 7.04. The summed E-state index contributed by atoms with van der Waals surface area (Å²) >= 11 is 0. The number of rotatable bonds is 8. The van der Waals surface area contributed by atoms with Crippen LogP contribution in [0.2, 0.25) is 0 Å². The van der Waals surface area contributed by atoms with E-state index in [0.717, 1.165) is 35.6 Å². The normalized spacial score (nSPS) is 11.4. The van der Waals surface area contributed by atoms with Crippen molar-refractivity contribution in [2.75, 3.05) is 29.1 Å². The Bertz CT molecular complexity index is 1610. The predicted octanol–water partition coefficient (Wildman–Crippen LogP) is 7.54. The minimum absolute atomic E-state index is 0.0369. The number of anilines is 4. The van der Waals surface area contributed by atoms with Gasteiger partial charge in [-0.05, 0) is 65.9 Å². The Balaban J connectivity index is 1.38. The minimum Gasteiger partial charge on any atom is -0.375 e. The van der Waals surface area contributed by atoms with Crippen molar-refractivity contribution in [3.05, 3.63) is 103 Å². The lowest BCUT2D eigenvalue weighted by atomic mass is 9.87. The first-order chi connectivity index (χ1) is 19.2. The van der Waals surface area contributed by atoms with E-state index in [-0.39, 0.29) is 11.3 Å². The molecule has 0 aliphatic heterocycles. The Morgan fingerprint density at radius 1 is 0.975 bits per heavy atom. The van der Waals surface area contributed by atoms with E-state index >= 15 is 0 Å². The summed E-state index contributed by atoms with van der Waals surface area (Å²) in [6.07, 6.45) is 6.71. The molecule has 0 radical (unpaired) electrons. The van der Waals surface area contributed by atoms with E-state index in [2.05, 4.69) is 79.5 Å². The van der Waals surface area contributed by atoms with Crippen LogP contribution in [0.25, 0.3) is 16.9 Å². The van der Waals surface area contributed by atoms with Crippen LogP contribution in [0, 0.1) is 0 Å². The molecule has 0 fully saturated rings. The smallest absolute Gasteiger partial charge is 0.255 e. The van der Waals surface area contributed by atoms with Crippen LogP contribution in [0.1, 0.15) is 50.0 Å². The fourth-order valence-electron chi connectivity index (χ4n) is 4.64. The zero-order valence-electron chi connectivity index (χ0n) is 23.8. The van der Waals surface area contributed by atoms with Crippen LogP contribution in [-0.2, 0) is 5.41 Å². The first kappa shape index (κ1) is 26.9. The highest BCUT2D eigenvalue weighted by Gasteiger charge is 2.15. The van der Waals surface area contributed by atoms with Gasteiger partial charge in [0, 0.05) is 60.4 Å². The molecule has 0 spiro atoms. The lowest BCUT2D eigenvalue weighted by Gasteiger charge is -2.19. The number of aromatic nitrogens is 3. The SMILES string of the molecule is CCCN(C)c1ccc(Nc2nc(-c3cccc(NC(=O)c4ccc(C(C)(C)C)cc4)c3)cn3ccnc23)cc1. The molecule has 0 saturated carbocycles. The van der Waals surface area contributed by atoms with Crippen LogP contribution in [0.15, 0.2) is 91.4 Å². The van der Waals surface area contributed by atoms with Crippen LogP contribution in [0.3, 0.4) is 0 Å². The number of nitrogens with zero attached hydrogens (tertiary/aromatic N) is 4. The fraction of sp³-hybridized carbons (Fsp3) is 0.242. The van der Waals surface area contributed by atoms with E-state index in [4.69, 9.17) is 4.98 Å². The van der Waals surface area contributed by atoms with E-state index in [1.54, 1.807) is 6.20 Å². The first-order valence-electron chi connectivity index (χ1n) is 13.7. The van der Waals surface area contributed by atoms with Crippen molar-refractivity contribution in [3.8, 4) is 11.3 Å². The maximum Gasteiger partial charge on any atom is 0.255 e. The molecular formula is C33H36N6O. The highest BCUT2D eigenvalue weighted by Crippen LogP contribution is 2.28. The number of hydrogen-bond acceptors (Lipinski definition) is 5. The molecule has 2 aromatic heterocycles. The van der Waals surface area contributed by atoms with E-state index < -0.39 is 0 Å². The molecule has 0 saturated heterocycles. The van der Waals surface area contributed by atoms with Gasteiger partial charge in [0.15, 0.2) is 11.5 Å². The van der Waals surface area contributed by atoms with Gasteiger partial charge in [-0.2, -0.15) is 0 Å². The summed E-state index contributed by atoms with van der Waals surface area (Å²) in [6, 6.07) is 23.8. The molecule has 0 aliphatic rings. The summed E-state index contributed by atoms with van der Waals surface area (Å²) in [7, 11) is 2.10. The van der Waals surface area contributed by atoms with Gasteiger partial charge in [-0.3, -0.25) is 4.79 Å². The molecule has 7 heteroatoms. The van der Waals surface area contributed by atoms with Gasteiger partial charge >= 0.3 is 0 Å². The quantitative estimate of drug-likeness (QED) is 0.216. The van der Waals surface area contributed by atoms with Crippen molar-refractivity contribution in [3.63, 3.8) is 0 Å². The monoisotopic (exact) mass is 532 g/mol. The number of nitrogens with one attached hydrogen (secondary N) is 2. The average molecular weight is 533 g/mol. The number of imidazole rings is 1. The van der Waals surface area contributed by atoms with Gasteiger partial charge in [0.1, 0.15) is 0 Å². The maximum absolute atomic E-state index is 13.0. The van der Waals surface area contributed by atoms with Gasteiger partial charge < -0.3 is 19.9 Å². The Labute approximate surface area is 235 Å². The third kappa shape index (κ3) is 5.99. The number of fused-ring (bicyclic) bond motifs is 1. The van der Waals surface area contributed by atoms with Crippen molar-refractivity contribution in [2.45, 2.75) is 39.5 Å².